The number of ether oxygens (including phenoxy) is 1. The van der Waals surface area contributed by atoms with Gasteiger partial charge in [0, 0.05) is 12.4 Å². The maximum absolute atomic E-state index is 12.6. The maximum Gasteiger partial charge on any atom is 0.416 e. The summed E-state index contributed by atoms with van der Waals surface area (Å²) in [5, 5.41) is 2.69. The van der Waals surface area contributed by atoms with Crippen molar-refractivity contribution < 1.29 is 27.5 Å². The average Bonchev–Trinajstić information content (AvgIpc) is 2.61. The number of carbonyl (C=O) groups excluding carboxylic acids is 2. The summed E-state index contributed by atoms with van der Waals surface area (Å²) in [5.74, 6) is -0.934. The van der Waals surface area contributed by atoms with Gasteiger partial charge in [0.25, 0.3) is 0 Å². The number of rotatable bonds is 6. The minimum Gasteiger partial charge on any atom is -0.469 e. The third-order valence-corrected chi connectivity index (χ3v) is 3.67. The molecule has 1 N–H and O–H groups in total. The highest BCUT2D eigenvalue weighted by Crippen LogP contribution is 2.29. The van der Waals surface area contributed by atoms with Gasteiger partial charge in [-0.1, -0.05) is 18.2 Å². The number of hydrogen-bond donors (Lipinski definition) is 1. The molecule has 0 spiro atoms. The van der Waals surface area contributed by atoms with Gasteiger partial charge in [-0.2, -0.15) is 13.2 Å². The third kappa shape index (κ3) is 5.58. The highest BCUT2D eigenvalue weighted by molar-refractivity contribution is 5.80. The van der Waals surface area contributed by atoms with Crippen molar-refractivity contribution in [3.63, 3.8) is 0 Å². The average molecular weight is 366 g/mol. The summed E-state index contributed by atoms with van der Waals surface area (Å²) in [4.78, 5) is 27.8. The number of esters is 1. The van der Waals surface area contributed by atoms with Crippen LogP contribution in [0, 0.1) is 0 Å². The first-order chi connectivity index (χ1) is 12.3. The Kier molecular flexibility index (Phi) is 6.32. The Labute approximate surface area is 148 Å². The fourth-order valence-corrected chi connectivity index (χ4v) is 2.33. The molecular formula is C18H17F3N2O3. The Morgan fingerprint density at radius 2 is 1.88 bits per heavy atom. The number of alkyl halides is 3. The van der Waals surface area contributed by atoms with Gasteiger partial charge in [0.1, 0.15) is 0 Å². The van der Waals surface area contributed by atoms with Gasteiger partial charge in [0.05, 0.1) is 31.6 Å². The molecule has 0 aliphatic carbocycles. The lowest BCUT2D eigenvalue weighted by Crippen LogP contribution is -2.31. The summed E-state index contributed by atoms with van der Waals surface area (Å²) in [6.07, 6.45) is -1.54. The van der Waals surface area contributed by atoms with E-state index in [4.69, 9.17) is 0 Å². The van der Waals surface area contributed by atoms with E-state index < -0.39 is 29.7 Å². The molecule has 1 atom stereocenters. The topological polar surface area (TPSA) is 68.3 Å². The summed E-state index contributed by atoms with van der Waals surface area (Å²) >= 11 is 0. The number of halogens is 3. The second kappa shape index (κ2) is 8.46. The second-order valence-electron chi connectivity index (χ2n) is 5.56. The Morgan fingerprint density at radius 1 is 1.19 bits per heavy atom. The van der Waals surface area contributed by atoms with Crippen LogP contribution in [0.3, 0.4) is 0 Å². The molecule has 1 heterocycles. The molecule has 0 aliphatic heterocycles. The molecule has 0 saturated heterocycles. The molecule has 138 valence electrons. The van der Waals surface area contributed by atoms with Gasteiger partial charge < -0.3 is 10.1 Å². The van der Waals surface area contributed by atoms with Crippen LogP contribution in [-0.2, 0) is 26.9 Å². The predicted octanol–water partition coefficient (Wildman–Crippen LogP) is 3.06. The zero-order valence-corrected chi connectivity index (χ0v) is 13.9. The summed E-state index contributed by atoms with van der Waals surface area (Å²) < 4.78 is 42.3. The van der Waals surface area contributed by atoms with Gasteiger partial charge in [-0.25, -0.2) is 0 Å². The van der Waals surface area contributed by atoms with Crippen molar-refractivity contribution in [1.29, 1.82) is 0 Å². The Morgan fingerprint density at radius 3 is 2.42 bits per heavy atom. The molecule has 5 nitrogen and oxygen atoms in total. The maximum atomic E-state index is 12.6. The summed E-state index contributed by atoms with van der Waals surface area (Å²) in [5.41, 5.74) is 0.276. The first-order valence-electron chi connectivity index (χ1n) is 7.72. The van der Waals surface area contributed by atoms with Gasteiger partial charge in [-0.3, -0.25) is 14.6 Å². The molecule has 0 aliphatic rings. The zero-order chi connectivity index (χ0) is 19.2. The summed E-state index contributed by atoms with van der Waals surface area (Å²) in [6, 6.07) is 7.09. The molecule has 1 aromatic heterocycles. The predicted molar refractivity (Wildman–Crippen MR) is 86.9 cm³/mol. The Hall–Kier alpha value is -2.90. The van der Waals surface area contributed by atoms with Crippen LogP contribution in [0.25, 0.3) is 0 Å². The number of hydrogen-bond acceptors (Lipinski definition) is 4. The summed E-state index contributed by atoms with van der Waals surface area (Å²) in [6.45, 7) is 0. The van der Waals surface area contributed by atoms with Crippen molar-refractivity contribution in [2.24, 2.45) is 0 Å². The van der Waals surface area contributed by atoms with Crippen molar-refractivity contribution in [2.45, 2.75) is 25.1 Å². The molecule has 1 amide bonds. The highest BCUT2D eigenvalue weighted by Gasteiger charge is 2.30. The molecule has 8 heteroatoms. The molecule has 26 heavy (non-hydrogen) atoms. The van der Waals surface area contributed by atoms with Crippen LogP contribution < -0.4 is 5.32 Å². The third-order valence-electron chi connectivity index (χ3n) is 3.67. The molecular weight excluding hydrogens is 349 g/mol. The lowest BCUT2D eigenvalue weighted by Gasteiger charge is -2.18. The zero-order valence-electron chi connectivity index (χ0n) is 13.9. The van der Waals surface area contributed by atoms with Crippen LogP contribution in [0.5, 0.6) is 0 Å². The normalized spacial score (nSPS) is 12.3. The number of carbonyl (C=O) groups is 2. The van der Waals surface area contributed by atoms with Crippen LogP contribution in [0.15, 0.2) is 48.8 Å². The van der Waals surface area contributed by atoms with E-state index in [1.165, 1.54) is 25.4 Å². The molecule has 1 aromatic carbocycles. The van der Waals surface area contributed by atoms with Crippen LogP contribution >= 0.6 is 0 Å². The lowest BCUT2D eigenvalue weighted by molar-refractivity contribution is -0.141. The smallest absolute Gasteiger partial charge is 0.416 e. The molecule has 2 rings (SSSR count). The van der Waals surface area contributed by atoms with Crippen molar-refractivity contribution in [1.82, 2.24) is 10.3 Å². The standard InChI is InChI=1S/C18H17F3N2O3/c1-26-17(25)10-15(13-3-2-8-22-11-13)23-16(24)9-12-4-6-14(7-5-12)18(19,20)21/h2-8,11,15H,9-10H2,1H3,(H,23,24). The van der Waals surface area contributed by atoms with Gasteiger partial charge >= 0.3 is 12.1 Å². The van der Waals surface area contributed by atoms with E-state index in [0.29, 0.717) is 11.1 Å². The number of nitrogens with one attached hydrogen (secondary N) is 1. The van der Waals surface area contributed by atoms with Crippen LogP contribution in [0.2, 0.25) is 0 Å². The molecule has 1 unspecified atom stereocenters. The number of pyridine rings is 1. The lowest BCUT2D eigenvalue weighted by atomic mass is 10.0. The van der Waals surface area contributed by atoms with Crippen molar-refractivity contribution in [3.05, 3.63) is 65.5 Å². The molecule has 2 aromatic rings. The monoisotopic (exact) mass is 366 g/mol. The second-order valence-corrected chi connectivity index (χ2v) is 5.56. The van der Waals surface area contributed by atoms with E-state index >= 15 is 0 Å². The van der Waals surface area contributed by atoms with Crippen molar-refractivity contribution in [3.8, 4) is 0 Å². The molecule has 0 fully saturated rings. The fourth-order valence-electron chi connectivity index (χ4n) is 2.33. The van der Waals surface area contributed by atoms with E-state index in [1.807, 2.05) is 0 Å². The molecule has 0 saturated carbocycles. The van der Waals surface area contributed by atoms with E-state index in [9.17, 15) is 22.8 Å². The molecule has 0 radical (unpaired) electrons. The van der Waals surface area contributed by atoms with Crippen LogP contribution in [-0.4, -0.2) is 24.0 Å². The van der Waals surface area contributed by atoms with Gasteiger partial charge in [-0.05, 0) is 29.3 Å². The van der Waals surface area contributed by atoms with Crippen LogP contribution in [0.1, 0.15) is 29.2 Å². The Balaban J connectivity index is 2.06. The molecule has 0 bridgehead atoms. The van der Waals surface area contributed by atoms with E-state index in [1.54, 1.807) is 18.3 Å². The first-order valence-corrected chi connectivity index (χ1v) is 7.72. The Bertz CT molecular complexity index is 747. The highest BCUT2D eigenvalue weighted by atomic mass is 19.4. The van der Waals surface area contributed by atoms with Crippen molar-refractivity contribution in [2.75, 3.05) is 7.11 Å². The summed E-state index contributed by atoms with van der Waals surface area (Å²) in [7, 11) is 1.24. The SMILES string of the molecule is COC(=O)CC(NC(=O)Cc1ccc(C(F)(F)F)cc1)c1cccnc1. The minimum absolute atomic E-state index is 0.0824. The van der Waals surface area contributed by atoms with Gasteiger partial charge in [0.15, 0.2) is 0 Å². The van der Waals surface area contributed by atoms with Gasteiger partial charge in [0.2, 0.25) is 5.91 Å². The number of methoxy groups -OCH3 is 1. The van der Waals surface area contributed by atoms with E-state index in [-0.39, 0.29) is 12.8 Å². The van der Waals surface area contributed by atoms with E-state index in [0.717, 1.165) is 12.1 Å². The largest absolute Gasteiger partial charge is 0.469 e. The number of nitrogens with zero attached hydrogens (tertiary/aromatic N) is 1. The first kappa shape index (κ1) is 19.4. The fraction of sp³-hybridized carbons (Fsp3) is 0.278. The quantitative estimate of drug-likeness (QED) is 0.798. The van der Waals surface area contributed by atoms with E-state index in [2.05, 4.69) is 15.0 Å². The number of aromatic nitrogens is 1. The minimum atomic E-state index is -4.42. The number of benzene rings is 1. The van der Waals surface area contributed by atoms with Crippen molar-refractivity contribution >= 4 is 11.9 Å². The van der Waals surface area contributed by atoms with Crippen LogP contribution in [0.4, 0.5) is 13.2 Å². The van der Waals surface area contributed by atoms with Gasteiger partial charge in [-0.15, -0.1) is 0 Å². The number of amides is 1.